The lowest BCUT2D eigenvalue weighted by atomic mass is 9.93. The first-order valence-electron chi connectivity index (χ1n) is 7.94. The average Bonchev–Trinajstić information content (AvgIpc) is 2.67. The van der Waals surface area contributed by atoms with Gasteiger partial charge in [-0.05, 0) is 17.7 Å². The van der Waals surface area contributed by atoms with Crippen LogP contribution in [-0.2, 0) is 9.59 Å². The lowest BCUT2D eigenvalue weighted by Crippen LogP contribution is -2.35. The Kier molecular flexibility index (Phi) is 5.37. The van der Waals surface area contributed by atoms with Crippen LogP contribution in [0.25, 0.3) is 0 Å². The Hall–Kier alpha value is -2.77. The van der Waals surface area contributed by atoms with Gasteiger partial charge in [0, 0.05) is 12.1 Å². The fourth-order valence-corrected chi connectivity index (χ4v) is 3.88. The smallest absolute Gasteiger partial charge is 0.171 e. The summed E-state index contributed by atoms with van der Waals surface area (Å²) in [6, 6.07) is 19.5. The molecule has 1 atom stereocenters. The van der Waals surface area contributed by atoms with E-state index in [0.29, 0.717) is 17.1 Å². The molecule has 3 nitrogen and oxygen atoms in total. The minimum atomic E-state index is -0.167. The fraction of sp³-hybridized carbons (Fsp3) is 0.143. The Morgan fingerprint density at radius 1 is 1.12 bits per heavy atom. The SMILES string of the molecule is C#CCSC1=C(C=O)C(=O)CC(c2ccccc2)N1c1ccccc1. The number of anilines is 1. The van der Waals surface area contributed by atoms with Crippen molar-refractivity contribution in [1.82, 2.24) is 0 Å². The van der Waals surface area contributed by atoms with Crippen LogP contribution >= 0.6 is 11.8 Å². The molecule has 1 aliphatic heterocycles. The zero-order valence-corrected chi connectivity index (χ0v) is 14.4. The molecule has 1 aliphatic rings. The Labute approximate surface area is 151 Å². The topological polar surface area (TPSA) is 37.4 Å². The number of Topliss-reactive ketones (excluding diaryl/α,β-unsaturated/α-hetero) is 1. The molecule has 0 amide bonds. The number of aldehydes is 1. The van der Waals surface area contributed by atoms with Crippen molar-refractivity contribution >= 4 is 29.5 Å². The van der Waals surface area contributed by atoms with Gasteiger partial charge in [0.05, 0.1) is 22.4 Å². The van der Waals surface area contributed by atoms with Crippen molar-refractivity contribution < 1.29 is 9.59 Å². The van der Waals surface area contributed by atoms with Gasteiger partial charge in [-0.3, -0.25) is 9.59 Å². The van der Waals surface area contributed by atoms with E-state index in [-0.39, 0.29) is 23.8 Å². The second kappa shape index (κ2) is 7.87. The normalized spacial score (nSPS) is 17.3. The van der Waals surface area contributed by atoms with Crippen molar-refractivity contribution in [1.29, 1.82) is 0 Å². The summed E-state index contributed by atoms with van der Waals surface area (Å²) < 4.78 is 0. The highest BCUT2D eigenvalue weighted by molar-refractivity contribution is 8.03. The van der Waals surface area contributed by atoms with E-state index in [4.69, 9.17) is 6.42 Å². The molecule has 0 spiro atoms. The van der Waals surface area contributed by atoms with E-state index < -0.39 is 0 Å². The summed E-state index contributed by atoms with van der Waals surface area (Å²) in [6.45, 7) is 0. The Morgan fingerprint density at radius 2 is 1.76 bits per heavy atom. The van der Waals surface area contributed by atoms with Gasteiger partial charge < -0.3 is 4.90 Å². The van der Waals surface area contributed by atoms with Gasteiger partial charge in [0.25, 0.3) is 0 Å². The second-order valence-electron chi connectivity index (χ2n) is 5.59. The predicted molar refractivity (Wildman–Crippen MR) is 102 cm³/mol. The van der Waals surface area contributed by atoms with Crippen LogP contribution < -0.4 is 4.90 Å². The number of rotatable bonds is 5. The number of ketones is 1. The molecule has 1 unspecified atom stereocenters. The molecule has 0 aliphatic carbocycles. The number of nitrogens with zero attached hydrogens (tertiary/aromatic N) is 1. The monoisotopic (exact) mass is 347 g/mol. The van der Waals surface area contributed by atoms with Gasteiger partial charge in [0.1, 0.15) is 0 Å². The number of benzene rings is 2. The molecule has 0 N–H and O–H groups in total. The highest BCUT2D eigenvalue weighted by atomic mass is 32.2. The summed E-state index contributed by atoms with van der Waals surface area (Å²) in [7, 11) is 0. The van der Waals surface area contributed by atoms with Gasteiger partial charge in [0.2, 0.25) is 0 Å². The highest BCUT2D eigenvalue weighted by Crippen LogP contribution is 2.42. The van der Waals surface area contributed by atoms with E-state index in [1.807, 2.05) is 60.7 Å². The minimum Gasteiger partial charge on any atom is -0.327 e. The van der Waals surface area contributed by atoms with Crippen molar-refractivity contribution in [2.75, 3.05) is 10.7 Å². The molecule has 1 heterocycles. The van der Waals surface area contributed by atoms with E-state index in [2.05, 4.69) is 10.8 Å². The molecular weight excluding hydrogens is 330 g/mol. The zero-order valence-electron chi connectivity index (χ0n) is 13.6. The van der Waals surface area contributed by atoms with Crippen LogP contribution in [0.15, 0.2) is 71.3 Å². The second-order valence-corrected chi connectivity index (χ2v) is 6.55. The number of hydrogen-bond acceptors (Lipinski definition) is 4. The first-order chi connectivity index (χ1) is 12.3. The molecule has 0 saturated heterocycles. The quantitative estimate of drug-likeness (QED) is 0.466. The summed E-state index contributed by atoms with van der Waals surface area (Å²) in [4.78, 5) is 26.2. The molecule has 0 radical (unpaired) electrons. The van der Waals surface area contributed by atoms with Gasteiger partial charge in [-0.25, -0.2) is 0 Å². The van der Waals surface area contributed by atoms with E-state index in [1.54, 1.807) is 0 Å². The summed E-state index contributed by atoms with van der Waals surface area (Å²) in [6.07, 6.45) is 6.32. The van der Waals surface area contributed by atoms with Crippen LogP contribution in [0.3, 0.4) is 0 Å². The first-order valence-corrected chi connectivity index (χ1v) is 8.93. The molecule has 2 aromatic carbocycles. The van der Waals surface area contributed by atoms with Crippen molar-refractivity contribution in [3.8, 4) is 12.3 Å². The molecule has 0 bridgehead atoms. The third-order valence-electron chi connectivity index (χ3n) is 4.07. The summed E-state index contributed by atoms with van der Waals surface area (Å²) in [5.41, 5.74) is 2.17. The summed E-state index contributed by atoms with van der Waals surface area (Å²) in [5, 5.41) is 0.629. The third-order valence-corrected chi connectivity index (χ3v) is 5.07. The Bertz CT molecular complexity index is 837. The van der Waals surface area contributed by atoms with Gasteiger partial charge in [-0.2, -0.15) is 0 Å². The molecule has 25 heavy (non-hydrogen) atoms. The average molecular weight is 347 g/mol. The predicted octanol–water partition coefficient (Wildman–Crippen LogP) is 3.98. The van der Waals surface area contributed by atoms with Crippen molar-refractivity contribution in [3.63, 3.8) is 0 Å². The molecule has 0 saturated carbocycles. The van der Waals surface area contributed by atoms with Crippen molar-refractivity contribution in [2.45, 2.75) is 12.5 Å². The van der Waals surface area contributed by atoms with Crippen molar-refractivity contribution in [2.24, 2.45) is 0 Å². The number of para-hydroxylation sites is 1. The maximum Gasteiger partial charge on any atom is 0.171 e. The molecule has 4 heteroatoms. The van der Waals surface area contributed by atoms with Gasteiger partial charge in [-0.15, -0.1) is 6.42 Å². The molecule has 2 aromatic rings. The number of terminal acetylenes is 1. The fourth-order valence-electron chi connectivity index (χ4n) is 2.97. The van der Waals surface area contributed by atoms with Crippen LogP contribution in [0.5, 0.6) is 0 Å². The largest absolute Gasteiger partial charge is 0.327 e. The Balaban J connectivity index is 2.17. The van der Waals surface area contributed by atoms with Crippen molar-refractivity contribution in [3.05, 3.63) is 76.8 Å². The van der Waals surface area contributed by atoms with Gasteiger partial charge >= 0.3 is 0 Å². The van der Waals surface area contributed by atoms with E-state index in [1.165, 1.54) is 11.8 Å². The standard InChI is InChI=1S/C21H17NO2S/c1-2-13-25-21-18(15-23)20(24)14-19(16-9-5-3-6-10-16)22(21)17-11-7-4-8-12-17/h1,3-12,15,19H,13-14H2. The molecule has 124 valence electrons. The number of allylic oxidation sites excluding steroid dienone is 1. The number of carbonyl (C=O) groups is 2. The molecule has 0 aromatic heterocycles. The molecule has 0 fully saturated rings. The lowest BCUT2D eigenvalue weighted by Gasteiger charge is -2.39. The van der Waals surface area contributed by atoms with Crippen LogP contribution in [0.4, 0.5) is 5.69 Å². The minimum absolute atomic E-state index is 0.143. The van der Waals surface area contributed by atoms with Gasteiger partial charge in [0.15, 0.2) is 12.1 Å². The maximum absolute atomic E-state index is 12.6. The summed E-state index contributed by atoms with van der Waals surface area (Å²) >= 11 is 1.35. The lowest BCUT2D eigenvalue weighted by molar-refractivity contribution is -0.118. The van der Waals surface area contributed by atoms with E-state index in [0.717, 1.165) is 11.3 Å². The molecule has 3 rings (SSSR count). The first kappa shape index (κ1) is 17.1. The number of carbonyl (C=O) groups excluding carboxylic acids is 2. The third kappa shape index (κ3) is 3.52. The summed E-state index contributed by atoms with van der Waals surface area (Å²) in [5.74, 6) is 2.83. The Morgan fingerprint density at radius 3 is 2.36 bits per heavy atom. The van der Waals surface area contributed by atoms with Crippen LogP contribution in [0.1, 0.15) is 18.0 Å². The van der Waals surface area contributed by atoms with E-state index >= 15 is 0 Å². The molecular formula is C21H17NO2S. The maximum atomic E-state index is 12.6. The van der Waals surface area contributed by atoms with E-state index in [9.17, 15) is 9.59 Å². The van der Waals surface area contributed by atoms with Crippen LogP contribution in [0, 0.1) is 12.3 Å². The number of hydrogen-bond donors (Lipinski definition) is 0. The van der Waals surface area contributed by atoms with Gasteiger partial charge in [-0.1, -0.05) is 66.2 Å². The highest BCUT2D eigenvalue weighted by Gasteiger charge is 2.35. The van der Waals surface area contributed by atoms with Crippen LogP contribution in [0.2, 0.25) is 0 Å². The van der Waals surface area contributed by atoms with Crippen LogP contribution in [-0.4, -0.2) is 17.8 Å². The number of thioether (sulfide) groups is 1. The zero-order chi connectivity index (χ0) is 17.6.